The summed E-state index contributed by atoms with van der Waals surface area (Å²) in [5.74, 6) is 0.785. The van der Waals surface area contributed by atoms with E-state index >= 15 is 0 Å². The smallest absolute Gasteiger partial charge is 0.263 e. The van der Waals surface area contributed by atoms with Crippen LogP contribution in [0.25, 0.3) is 0 Å². The minimum atomic E-state index is -0.451. The topological polar surface area (TPSA) is 32.8 Å². The molecule has 1 amide bonds. The van der Waals surface area contributed by atoms with Gasteiger partial charge in [-0.1, -0.05) is 22.0 Å². The number of hydrogen-bond donors (Lipinski definition) is 0. The molecule has 0 bridgehead atoms. The molecule has 4 nitrogen and oxygen atoms in total. The summed E-state index contributed by atoms with van der Waals surface area (Å²) in [6.07, 6.45) is 0.568. The number of amides is 1. The van der Waals surface area contributed by atoms with Crippen LogP contribution < -0.4 is 4.74 Å². The van der Waals surface area contributed by atoms with Crippen molar-refractivity contribution in [1.29, 1.82) is 0 Å². The van der Waals surface area contributed by atoms with Gasteiger partial charge in [-0.2, -0.15) is 0 Å². The number of halogens is 1. The zero-order chi connectivity index (χ0) is 14.5. The SMILES string of the molecule is C[C@@H](Oc1cccc(Br)c1)C(=O)N1CCCN(C)CC1. The van der Waals surface area contributed by atoms with Gasteiger partial charge in [0.25, 0.3) is 5.91 Å². The van der Waals surface area contributed by atoms with Gasteiger partial charge in [0, 0.05) is 24.1 Å². The highest BCUT2D eigenvalue weighted by atomic mass is 79.9. The molecule has 1 atom stereocenters. The quantitative estimate of drug-likeness (QED) is 0.846. The number of carbonyl (C=O) groups is 1. The van der Waals surface area contributed by atoms with Crippen LogP contribution in [0.3, 0.4) is 0 Å². The van der Waals surface area contributed by atoms with Crippen LogP contribution in [0.2, 0.25) is 0 Å². The number of hydrogen-bond acceptors (Lipinski definition) is 3. The molecule has 0 unspecified atom stereocenters. The Morgan fingerprint density at radius 3 is 2.85 bits per heavy atom. The second kappa shape index (κ2) is 7.09. The normalized spacial score (nSPS) is 18.4. The molecule has 0 saturated carbocycles. The zero-order valence-electron chi connectivity index (χ0n) is 12.0. The Balaban J connectivity index is 1.94. The van der Waals surface area contributed by atoms with E-state index < -0.39 is 6.10 Å². The minimum absolute atomic E-state index is 0.0697. The monoisotopic (exact) mass is 340 g/mol. The lowest BCUT2D eigenvalue weighted by Crippen LogP contribution is -2.42. The summed E-state index contributed by atoms with van der Waals surface area (Å²) >= 11 is 3.40. The van der Waals surface area contributed by atoms with Crippen molar-refractivity contribution in [2.45, 2.75) is 19.4 Å². The van der Waals surface area contributed by atoms with E-state index in [-0.39, 0.29) is 5.91 Å². The molecule has 0 radical (unpaired) electrons. The lowest BCUT2D eigenvalue weighted by molar-refractivity contribution is -0.137. The largest absolute Gasteiger partial charge is 0.481 e. The number of likely N-dealkylation sites (N-methyl/N-ethyl adjacent to an activating group) is 1. The van der Waals surface area contributed by atoms with Crippen molar-refractivity contribution in [1.82, 2.24) is 9.80 Å². The van der Waals surface area contributed by atoms with Crippen LogP contribution in [0.4, 0.5) is 0 Å². The molecule has 0 aromatic heterocycles. The second-order valence-corrected chi connectivity index (χ2v) is 6.12. The first-order chi connectivity index (χ1) is 9.56. The third kappa shape index (κ3) is 4.21. The van der Waals surface area contributed by atoms with Crippen molar-refractivity contribution in [3.63, 3.8) is 0 Å². The van der Waals surface area contributed by atoms with Gasteiger partial charge in [0.05, 0.1) is 0 Å². The van der Waals surface area contributed by atoms with E-state index in [0.29, 0.717) is 5.75 Å². The van der Waals surface area contributed by atoms with E-state index in [1.165, 1.54) is 0 Å². The van der Waals surface area contributed by atoms with Gasteiger partial charge in [0.2, 0.25) is 0 Å². The number of ether oxygens (including phenoxy) is 1. The summed E-state index contributed by atoms with van der Waals surface area (Å²) in [5, 5.41) is 0. The average Bonchev–Trinajstić information content (AvgIpc) is 2.62. The molecule has 20 heavy (non-hydrogen) atoms. The van der Waals surface area contributed by atoms with Crippen LogP contribution in [0, 0.1) is 0 Å². The molecule has 110 valence electrons. The maximum Gasteiger partial charge on any atom is 0.263 e. The Kier molecular flexibility index (Phi) is 5.43. The van der Waals surface area contributed by atoms with Gasteiger partial charge in [0.15, 0.2) is 6.10 Å². The number of nitrogens with zero attached hydrogens (tertiary/aromatic N) is 2. The second-order valence-electron chi connectivity index (χ2n) is 5.20. The molecule has 0 aliphatic carbocycles. The van der Waals surface area contributed by atoms with Gasteiger partial charge in [-0.15, -0.1) is 0 Å². The highest BCUT2D eigenvalue weighted by Crippen LogP contribution is 2.19. The van der Waals surface area contributed by atoms with Crippen LogP contribution in [0.5, 0.6) is 5.75 Å². The van der Waals surface area contributed by atoms with Crippen LogP contribution in [0.1, 0.15) is 13.3 Å². The number of benzene rings is 1. The molecule has 0 N–H and O–H groups in total. The lowest BCUT2D eigenvalue weighted by Gasteiger charge is -2.24. The highest BCUT2D eigenvalue weighted by Gasteiger charge is 2.23. The van der Waals surface area contributed by atoms with Crippen molar-refractivity contribution >= 4 is 21.8 Å². The Hall–Kier alpha value is -1.07. The van der Waals surface area contributed by atoms with E-state index in [0.717, 1.165) is 37.1 Å². The zero-order valence-corrected chi connectivity index (χ0v) is 13.6. The molecule has 1 heterocycles. The van der Waals surface area contributed by atoms with E-state index in [4.69, 9.17) is 4.74 Å². The standard InChI is InChI=1S/C15H21BrN2O2/c1-12(20-14-6-3-5-13(16)11-14)15(19)18-8-4-7-17(2)9-10-18/h3,5-6,11-12H,4,7-10H2,1-2H3/t12-/m1/s1. The Morgan fingerprint density at radius 2 is 2.10 bits per heavy atom. The first kappa shape index (κ1) is 15.3. The van der Waals surface area contributed by atoms with Gasteiger partial charge in [0.1, 0.15) is 5.75 Å². The van der Waals surface area contributed by atoms with E-state index in [1.807, 2.05) is 36.1 Å². The fourth-order valence-corrected chi connectivity index (χ4v) is 2.70. The predicted molar refractivity (Wildman–Crippen MR) is 82.9 cm³/mol. The first-order valence-electron chi connectivity index (χ1n) is 6.96. The fourth-order valence-electron chi connectivity index (χ4n) is 2.32. The average molecular weight is 341 g/mol. The van der Waals surface area contributed by atoms with Crippen molar-refractivity contribution in [3.05, 3.63) is 28.7 Å². The minimum Gasteiger partial charge on any atom is -0.481 e. The van der Waals surface area contributed by atoms with Crippen molar-refractivity contribution in [2.24, 2.45) is 0 Å². The molecule has 1 fully saturated rings. The maximum atomic E-state index is 12.4. The van der Waals surface area contributed by atoms with Gasteiger partial charge in [-0.3, -0.25) is 4.79 Å². The van der Waals surface area contributed by atoms with Crippen LogP contribution >= 0.6 is 15.9 Å². The first-order valence-corrected chi connectivity index (χ1v) is 7.75. The summed E-state index contributed by atoms with van der Waals surface area (Å²) in [6.45, 7) is 5.38. The molecular weight excluding hydrogens is 320 g/mol. The lowest BCUT2D eigenvalue weighted by atomic mass is 10.3. The van der Waals surface area contributed by atoms with Crippen LogP contribution in [-0.2, 0) is 4.79 Å². The molecule has 2 rings (SSSR count). The molecule has 0 spiro atoms. The molecule has 1 aliphatic heterocycles. The van der Waals surface area contributed by atoms with Crippen molar-refractivity contribution in [2.75, 3.05) is 33.2 Å². The predicted octanol–water partition coefficient (Wildman–Crippen LogP) is 2.38. The number of rotatable bonds is 3. The molecular formula is C15H21BrN2O2. The van der Waals surface area contributed by atoms with Gasteiger partial charge in [-0.25, -0.2) is 0 Å². The molecule has 1 aliphatic rings. The molecule has 1 aromatic rings. The van der Waals surface area contributed by atoms with Crippen LogP contribution in [0.15, 0.2) is 28.7 Å². The molecule has 1 aromatic carbocycles. The summed E-state index contributed by atoms with van der Waals surface area (Å²) in [4.78, 5) is 16.6. The summed E-state index contributed by atoms with van der Waals surface area (Å²) in [5.41, 5.74) is 0. The van der Waals surface area contributed by atoms with Crippen LogP contribution in [-0.4, -0.2) is 55.0 Å². The number of carbonyl (C=O) groups excluding carboxylic acids is 1. The Labute approximate surface area is 128 Å². The van der Waals surface area contributed by atoms with Gasteiger partial charge >= 0.3 is 0 Å². The van der Waals surface area contributed by atoms with E-state index in [9.17, 15) is 4.79 Å². The van der Waals surface area contributed by atoms with E-state index in [2.05, 4.69) is 27.9 Å². The van der Waals surface area contributed by atoms with E-state index in [1.54, 1.807) is 0 Å². The van der Waals surface area contributed by atoms with Gasteiger partial charge < -0.3 is 14.5 Å². The van der Waals surface area contributed by atoms with Crippen molar-refractivity contribution < 1.29 is 9.53 Å². The fraction of sp³-hybridized carbons (Fsp3) is 0.533. The molecule has 1 saturated heterocycles. The Bertz CT molecular complexity index is 467. The third-order valence-electron chi connectivity index (χ3n) is 3.49. The summed E-state index contributed by atoms with van der Waals surface area (Å²) in [6, 6.07) is 7.58. The summed E-state index contributed by atoms with van der Waals surface area (Å²) in [7, 11) is 2.09. The van der Waals surface area contributed by atoms with Crippen molar-refractivity contribution in [3.8, 4) is 5.75 Å². The highest BCUT2D eigenvalue weighted by molar-refractivity contribution is 9.10. The Morgan fingerprint density at radius 1 is 1.30 bits per heavy atom. The third-order valence-corrected chi connectivity index (χ3v) is 3.98. The summed E-state index contributed by atoms with van der Waals surface area (Å²) < 4.78 is 6.69. The molecule has 5 heteroatoms. The van der Waals surface area contributed by atoms with Gasteiger partial charge in [-0.05, 0) is 45.1 Å². The maximum absolute atomic E-state index is 12.4.